The van der Waals surface area contributed by atoms with Gasteiger partial charge in [0, 0.05) is 40.2 Å². The molecule has 1 saturated carbocycles. The molecule has 4 aromatic rings. The van der Waals surface area contributed by atoms with Gasteiger partial charge >= 0.3 is 0 Å². The highest BCUT2D eigenvalue weighted by molar-refractivity contribution is 7.15. The van der Waals surface area contributed by atoms with Gasteiger partial charge < -0.3 is 25.8 Å². The molecule has 3 heterocycles. The van der Waals surface area contributed by atoms with Crippen LogP contribution < -0.4 is 16.0 Å². The molecule has 0 radical (unpaired) electrons. The van der Waals surface area contributed by atoms with Crippen molar-refractivity contribution in [3.8, 4) is 10.4 Å². The zero-order valence-corrected chi connectivity index (χ0v) is 25.7. The van der Waals surface area contributed by atoms with E-state index < -0.39 is 0 Å². The van der Waals surface area contributed by atoms with Crippen LogP contribution in [0.3, 0.4) is 0 Å². The number of thiophene rings is 1. The highest BCUT2D eigenvalue weighted by Crippen LogP contribution is 2.31. The first kappa shape index (κ1) is 29.6. The molecule has 1 aliphatic heterocycles. The van der Waals surface area contributed by atoms with E-state index in [1.165, 1.54) is 9.75 Å². The minimum Gasteiger partial charge on any atom is -0.393 e. The number of carbonyl (C=O) groups excluding carboxylic acids is 1. The Bertz CT molecular complexity index is 1540. The van der Waals surface area contributed by atoms with Gasteiger partial charge in [0.15, 0.2) is 0 Å². The molecule has 2 aromatic heterocycles. The lowest BCUT2D eigenvalue weighted by atomic mass is 10.0. The highest BCUT2D eigenvalue weighted by Gasteiger charge is 2.22. The van der Waals surface area contributed by atoms with Crippen LogP contribution >= 0.6 is 11.3 Å². The molecule has 1 amide bonds. The summed E-state index contributed by atoms with van der Waals surface area (Å²) in [6, 6.07) is 18.8. The van der Waals surface area contributed by atoms with Crippen molar-refractivity contribution in [1.29, 1.82) is 0 Å². The molecule has 2 aliphatic rings. The molecule has 1 unspecified atom stereocenters. The van der Waals surface area contributed by atoms with E-state index in [1.54, 1.807) is 17.5 Å². The number of amides is 1. The lowest BCUT2D eigenvalue weighted by Crippen LogP contribution is -2.27. The van der Waals surface area contributed by atoms with Gasteiger partial charge in [0.2, 0.25) is 0 Å². The summed E-state index contributed by atoms with van der Waals surface area (Å²) < 4.78 is 7.71. The van der Waals surface area contributed by atoms with Gasteiger partial charge in [0.25, 0.3) is 5.91 Å². The number of aromatic nitrogens is 2. The Morgan fingerprint density at radius 2 is 2.02 bits per heavy atom. The van der Waals surface area contributed by atoms with E-state index in [-0.39, 0.29) is 24.3 Å². The van der Waals surface area contributed by atoms with Crippen molar-refractivity contribution in [2.45, 2.75) is 83.3 Å². The van der Waals surface area contributed by atoms with E-state index in [2.05, 4.69) is 57.4 Å². The predicted molar refractivity (Wildman–Crippen MR) is 172 cm³/mol. The molecule has 1 aliphatic carbocycles. The van der Waals surface area contributed by atoms with Gasteiger partial charge in [-0.25, -0.2) is 4.68 Å². The van der Waals surface area contributed by atoms with E-state index in [1.807, 2.05) is 42.9 Å². The molecular weight excluding hydrogens is 558 g/mol. The Balaban J connectivity index is 1.08. The third-order valence-corrected chi connectivity index (χ3v) is 9.61. The normalized spacial score (nSPS) is 21.0. The van der Waals surface area contributed by atoms with Crippen LogP contribution in [0.5, 0.6) is 0 Å². The highest BCUT2D eigenvalue weighted by atomic mass is 32.1. The Morgan fingerprint density at radius 3 is 2.84 bits per heavy atom. The van der Waals surface area contributed by atoms with Crippen molar-refractivity contribution < 1.29 is 14.6 Å². The van der Waals surface area contributed by atoms with Gasteiger partial charge in [-0.1, -0.05) is 24.3 Å². The third kappa shape index (κ3) is 7.36. The number of hydrogen-bond donors (Lipinski definition) is 4. The van der Waals surface area contributed by atoms with Crippen LogP contribution in [0.4, 0.5) is 11.4 Å². The summed E-state index contributed by atoms with van der Waals surface area (Å²) in [5.74, 6) is -0.105. The number of rotatable bonds is 10. The topological polar surface area (TPSA) is 100 Å². The second kappa shape index (κ2) is 13.4. The number of anilines is 2. The fraction of sp³-hybridized carbons (Fsp3) is 0.412. The number of carbonyl (C=O) groups is 1. The van der Waals surface area contributed by atoms with Crippen molar-refractivity contribution in [3.05, 3.63) is 88.6 Å². The van der Waals surface area contributed by atoms with Gasteiger partial charge in [-0.3, -0.25) is 4.79 Å². The maximum absolute atomic E-state index is 13.4. The second-order valence-electron chi connectivity index (χ2n) is 11.8. The van der Waals surface area contributed by atoms with Crippen molar-refractivity contribution in [2.24, 2.45) is 0 Å². The monoisotopic (exact) mass is 599 g/mol. The first-order valence-corrected chi connectivity index (χ1v) is 16.2. The largest absolute Gasteiger partial charge is 0.393 e. The van der Waals surface area contributed by atoms with Crippen molar-refractivity contribution in [1.82, 2.24) is 20.4 Å². The SMILES string of the molecule is Cc1ccc(Nc2cnn(C3CCCCO3)c2)cc1C(=O)N[C@H](C)c1cccc(-c2ccc(CN[C@H]3CC[C@@H](O)C3)s2)c1. The van der Waals surface area contributed by atoms with Crippen LogP contribution in [0.2, 0.25) is 0 Å². The molecule has 226 valence electrons. The zero-order valence-electron chi connectivity index (χ0n) is 24.9. The standard InChI is InChI=1S/C34H41N5O3S/c1-22-9-10-27(38-28-19-36-39(21-28)33-8-3-4-15-42-33)18-31(22)34(41)37-23(2)24-6-5-7-25(16-24)32-14-13-30(43-32)20-35-26-11-12-29(40)17-26/h5-7,9-10,13-14,16,18-19,21,23,26,29,33,35,38,40H,3-4,8,11-12,15,17,20H2,1-2H3,(H,37,41)/t23-,26+,29-,33?/m1/s1. The average molecular weight is 600 g/mol. The fourth-order valence-corrected chi connectivity index (χ4v) is 6.89. The fourth-order valence-electron chi connectivity index (χ4n) is 5.94. The summed E-state index contributed by atoms with van der Waals surface area (Å²) in [5.41, 5.74) is 5.46. The zero-order chi connectivity index (χ0) is 29.8. The summed E-state index contributed by atoms with van der Waals surface area (Å²) in [6.45, 7) is 5.57. The number of nitrogens with one attached hydrogen (secondary N) is 3. The van der Waals surface area contributed by atoms with Crippen molar-refractivity contribution in [2.75, 3.05) is 11.9 Å². The summed E-state index contributed by atoms with van der Waals surface area (Å²) in [7, 11) is 0. The molecule has 4 atom stereocenters. The number of nitrogens with zero attached hydrogens (tertiary/aromatic N) is 2. The quantitative estimate of drug-likeness (QED) is 0.159. The van der Waals surface area contributed by atoms with Crippen LogP contribution in [-0.2, 0) is 11.3 Å². The minimum absolute atomic E-state index is 0.0139. The Morgan fingerprint density at radius 1 is 1.12 bits per heavy atom. The molecular formula is C34H41N5O3S. The number of hydrogen-bond acceptors (Lipinski definition) is 7. The first-order chi connectivity index (χ1) is 20.9. The number of ether oxygens (including phenoxy) is 1. The molecule has 2 fully saturated rings. The lowest BCUT2D eigenvalue weighted by molar-refractivity contribution is -0.0394. The Kier molecular flexibility index (Phi) is 9.23. The van der Waals surface area contributed by atoms with Crippen LogP contribution in [0.1, 0.15) is 84.1 Å². The van der Waals surface area contributed by atoms with E-state index in [0.29, 0.717) is 11.6 Å². The molecule has 8 nitrogen and oxygen atoms in total. The maximum Gasteiger partial charge on any atom is 0.252 e. The number of aliphatic hydroxyl groups is 1. The molecule has 0 bridgehead atoms. The van der Waals surface area contributed by atoms with Crippen molar-refractivity contribution in [3.63, 3.8) is 0 Å². The number of benzene rings is 2. The van der Waals surface area contributed by atoms with E-state index >= 15 is 0 Å². The summed E-state index contributed by atoms with van der Waals surface area (Å²) >= 11 is 1.78. The van der Waals surface area contributed by atoms with Gasteiger partial charge in [0.05, 0.1) is 30.2 Å². The minimum atomic E-state index is -0.163. The number of aliphatic hydroxyl groups excluding tert-OH is 1. The Labute approximate surface area is 257 Å². The summed E-state index contributed by atoms with van der Waals surface area (Å²) in [6.07, 6.45) is 9.55. The van der Waals surface area contributed by atoms with E-state index in [9.17, 15) is 9.90 Å². The predicted octanol–water partition coefficient (Wildman–Crippen LogP) is 6.86. The molecule has 2 aromatic carbocycles. The van der Waals surface area contributed by atoms with Gasteiger partial charge in [-0.2, -0.15) is 5.10 Å². The molecule has 4 N–H and O–H groups in total. The van der Waals surface area contributed by atoms with Crippen LogP contribution in [0.25, 0.3) is 10.4 Å². The van der Waals surface area contributed by atoms with Crippen molar-refractivity contribution >= 4 is 28.6 Å². The van der Waals surface area contributed by atoms with Gasteiger partial charge in [-0.05, 0) is 99.4 Å². The first-order valence-electron chi connectivity index (χ1n) is 15.4. The average Bonchev–Trinajstić information content (AvgIpc) is 3.79. The van der Waals surface area contributed by atoms with E-state index in [4.69, 9.17) is 4.74 Å². The summed E-state index contributed by atoms with van der Waals surface area (Å²) in [4.78, 5) is 15.9. The molecule has 43 heavy (non-hydrogen) atoms. The second-order valence-corrected chi connectivity index (χ2v) is 13.0. The smallest absolute Gasteiger partial charge is 0.252 e. The maximum atomic E-state index is 13.4. The summed E-state index contributed by atoms with van der Waals surface area (Å²) in [5, 5.41) is 24.4. The van der Waals surface area contributed by atoms with E-state index in [0.717, 1.165) is 79.7 Å². The van der Waals surface area contributed by atoms with Gasteiger partial charge in [0.1, 0.15) is 6.23 Å². The molecule has 9 heteroatoms. The third-order valence-electron chi connectivity index (χ3n) is 8.47. The molecule has 1 saturated heterocycles. The lowest BCUT2D eigenvalue weighted by Gasteiger charge is -2.22. The molecule has 6 rings (SSSR count). The number of aryl methyl sites for hydroxylation is 1. The Hall–Kier alpha value is -3.50. The molecule has 0 spiro atoms. The van der Waals surface area contributed by atoms with Gasteiger partial charge in [-0.15, -0.1) is 11.3 Å². The van der Waals surface area contributed by atoms with Crippen LogP contribution in [0.15, 0.2) is 67.0 Å². The van der Waals surface area contributed by atoms with Crippen LogP contribution in [0, 0.1) is 6.92 Å². The van der Waals surface area contributed by atoms with Crippen LogP contribution in [-0.4, -0.2) is 39.5 Å².